The third kappa shape index (κ3) is 5.41. The summed E-state index contributed by atoms with van der Waals surface area (Å²) >= 11 is 7.17. The molecule has 0 bridgehead atoms. The number of halogens is 1. The quantitative estimate of drug-likeness (QED) is 0.224. The Balaban J connectivity index is 1.46. The molecule has 4 N–H and O–H groups in total. The molecule has 1 aliphatic heterocycles. The van der Waals surface area contributed by atoms with Gasteiger partial charge in [0.1, 0.15) is 35.5 Å². The van der Waals surface area contributed by atoms with E-state index in [-0.39, 0.29) is 0 Å². The van der Waals surface area contributed by atoms with Gasteiger partial charge in [-0.25, -0.2) is 4.68 Å². The van der Waals surface area contributed by atoms with Crippen molar-refractivity contribution in [1.29, 1.82) is 0 Å². The van der Waals surface area contributed by atoms with Crippen LogP contribution in [-0.2, 0) is 4.74 Å². The van der Waals surface area contributed by atoms with E-state index in [9.17, 15) is 20.4 Å². The van der Waals surface area contributed by atoms with Crippen LogP contribution in [0.1, 0.15) is 0 Å². The van der Waals surface area contributed by atoms with Crippen LogP contribution < -0.4 is 0 Å². The zero-order valence-corrected chi connectivity index (χ0v) is 23.0. The molecule has 5 aromatic rings. The number of thioether (sulfide) groups is 1. The maximum atomic E-state index is 10.7. The molecule has 10 nitrogen and oxygen atoms in total. The highest BCUT2D eigenvalue weighted by Crippen LogP contribution is 2.36. The van der Waals surface area contributed by atoms with Crippen molar-refractivity contribution < 1.29 is 25.2 Å². The summed E-state index contributed by atoms with van der Waals surface area (Å²) < 4.78 is 9.33. The Labute approximate surface area is 244 Å². The lowest BCUT2D eigenvalue weighted by Crippen LogP contribution is -2.57. The van der Waals surface area contributed by atoms with E-state index in [0.717, 1.165) is 34.4 Å². The number of rotatable bonds is 7. The summed E-state index contributed by atoms with van der Waals surface area (Å²) in [5, 5.41) is 55.6. The molecule has 0 spiro atoms. The zero-order valence-electron chi connectivity index (χ0n) is 21.5. The first-order valence-electron chi connectivity index (χ1n) is 12.8. The number of hydrogen-bond donors (Lipinski definition) is 4. The topological polar surface area (TPSA) is 139 Å². The molecule has 5 atom stereocenters. The van der Waals surface area contributed by atoms with E-state index in [1.54, 1.807) is 16.7 Å². The lowest BCUT2D eigenvalue weighted by Gasteiger charge is -2.39. The van der Waals surface area contributed by atoms with E-state index in [0.29, 0.717) is 21.7 Å². The van der Waals surface area contributed by atoms with Crippen molar-refractivity contribution in [3.8, 4) is 34.2 Å². The van der Waals surface area contributed by atoms with Gasteiger partial charge < -0.3 is 25.2 Å². The largest absolute Gasteiger partial charge is 0.394 e. The second-order valence-corrected chi connectivity index (χ2v) is 11.0. The first-order valence-corrected chi connectivity index (χ1v) is 14.1. The summed E-state index contributed by atoms with van der Waals surface area (Å²) in [7, 11) is 0. The first-order chi connectivity index (χ1) is 19.9. The molecule has 0 aliphatic carbocycles. The van der Waals surface area contributed by atoms with Crippen molar-refractivity contribution in [3.05, 3.63) is 96.0 Å². The minimum Gasteiger partial charge on any atom is -0.394 e. The zero-order chi connectivity index (χ0) is 28.5. The maximum Gasteiger partial charge on any atom is 0.198 e. The van der Waals surface area contributed by atoms with E-state index in [1.165, 1.54) is 0 Å². The molecule has 0 saturated carbocycles. The van der Waals surface area contributed by atoms with Gasteiger partial charge in [0.05, 0.1) is 18.0 Å². The SMILES string of the molecule is OC[C@H]1O[C@@H](Sc2nnc(-c3cc(-c4ccccc4)n(-c4ccc(Cl)cc4)n3)n2-c2ccccc2)[C@H](O)[C@@H](O)[C@H]1O. The highest BCUT2D eigenvalue weighted by molar-refractivity contribution is 7.99. The standard InChI is InChI=1S/C29H26ClN5O5S/c30-18-11-13-20(14-12-18)35-22(17-7-3-1-4-8-17)15-21(33-35)27-31-32-29(34(27)19-9-5-2-6-10-19)41-28-26(39)25(38)24(37)23(16-36)40-28/h1-15,23-26,28,36-39H,16H2/t23-,24+,25+,26-,28+/m1/s1. The fraction of sp³-hybridized carbons (Fsp3) is 0.207. The Bertz CT molecular complexity index is 1610. The van der Waals surface area contributed by atoms with Crippen LogP contribution in [0.15, 0.2) is 96.2 Å². The molecule has 0 unspecified atom stereocenters. The Morgan fingerprint density at radius 3 is 2.17 bits per heavy atom. The lowest BCUT2D eigenvalue weighted by atomic mass is 10.0. The van der Waals surface area contributed by atoms with Gasteiger partial charge >= 0.3 is 0 Å². The highest BCUT2D eigenvalue weighted by Gasteiger charge is 2.44. The molecule has 3 heterocycles. The first kappa shape index (κ1) is 27.6. The normalized spacial score (nSPS) is 22.6. The number of aromatic nitrogens is 5. The third-order valence-electron chi connectivity index (χ3n) is 6.80. The molecule has 1 fully saturated rings. The molecule has 2 aromatic heterocycles. The van der Waals surface area contributed by atoms with Gasteiger partial charge in [-0.1, -0.05) is 71.9 Å². The van der Waals surface area contributed by atoms with Crippen LogP contribution in [0.25, 0.3) is 34.2 Å². The number of benzene rings is 3. The van der Waals surface area contributed by atoms with E-state index < -0.39 is 36.5 Å². The van der Waals surface area contributed by atoms with Gasteiger partial charge in [0, 0.05) is 16.3 Å². The molecule has 1 aliphatic rings. The number of aliphatic hydroxyl groups is 4. The Morgan fingerprint density at radius 2 is 1.49 bits per heavy atom. The van der Waals surface area contributed by atoms with Gasteiger partial charge in [-0.05, 0) is 42.5 Å². The van der Waals surface area contributed by atoms with E-state index in [2.05, 4.69) is 10.2 Å². The van der Waals surface area contributed by atoms with E-state index in [1.807, 2.05) is 83.5 Å². The third-order valence-corrected chi connectivity index (χ3v) is 8.15. The number of hydrogen-bond acceptors (Lipinski definition) is 9. The van der Waals surface area contributed by atoms with Crippen LogP contribution in [0.2, 0.25) is 5.02 Å². The molecule has 0 amide bonds. The van der Waals surface area contributed by atoms with Crippen molar-refractivity contribution in [2.75, 3.05) is 6.61 Å². The lowest BCUT2D eigenvalue weighted by molar-refractivity contribution is -0.205. The monoisotopic (exact) mass is 591 g/mol. The number of nitrogens with zero attached hydrogens (tertiary/aromatic N) is 5. The van der Waals surface area contributed by atoms with Gasteiger partial charge in [0.15, 0.2) is 11.0 Å². The summed E-state index contributed by atoms with van der Waals surface area (Å²) in [5.74, 6) is 0.438. The van der Waals surface area contributed by atoms with E-state index in [4.69, 9.17) is 21.4 Å². The summed E-state index contributed by atoms with van der Waals surface area (Å²) in [6.07, 6.45) is -5.44. The molecule has 12 heteroatoms. The summed E-state index contributed by atoms with van der Waals surface area (Å²) in [6.45, 7) is -0.525. The Kier molecular flexibility index (Phi) is 7.91. The van der Waals surface area contributed by atoms with Crippen molar-refractivity contribution in [3.63, 3.8) is 0 Å². The highest BCUT2D eigenvalue weighted by atomic mass is 35.5. The van der Waals surface area contributed by atoms with Crippen molar-refractivity contribution in [2.45, 2.75) is 35.0 Å². The maximum absolute atomic E-state index is 10.7. The second-order valence-electron chi connectivity index (χ2n) is 9.46. The molecular formula is C29H26ClN5O5S. The van der Waals surface area contributed by atoms with Crippen LogP contribution in [-0.4, -0.2) is 81.4 Å². The molecule has 0 radical (unpaired) electrons. The predicted octanol–water partition coefficient (Wildman–Crippen LogP) is 3.33. The van der Waals surface area contributed by atoms with Gasteiger partial charge in [-0.2, -0.15) is 5.10 Å². The summed E-state index contributed by atoms with van der Waals surface area (Å²) in [5.41, 5.74) is 2.83. The van der Waals surface area contributed by atoms with Gasteiger partial charge in [0.2, 0.25) is 0 Å². The minimum absolute atomic E-state index is 0.359. The van der Waals surface area contributed by atoms with Crippen molar-refractivity contribution in [1.82, 2.24) is 24.5 Å². The average molecular weight is 592 g/mol. The Hall–Kier alpha value is -3.55. The average Bonchev–Trinajstić information content (AvgIpc) is 3.63. The van der Waals surface area contributed by atoms with Crippen LogP contribution in [0.3, 0.4) is 0 Å². The van der Waals surface area contributed by atoms with Gasteiger partial charge in [-0.3, -0.25) is 4.57 Å². The Morgan fingerprint density at radius 1 is 0.805 bits per heavy atom. The van der Waals surface area contributed by atoms with Crippen molar-refractivity contribution in [2.24, 2.45) is 0 Å². The fourth-order valence-electron chi connectivity index (χ4n) is 4.67. The minimum atomic E-state index is -1.51. The molecular weight excluding hydrogens is 566 g/mol. The molecule has 1 saturated heterocycles. The number of ether oxygens (including phenoxy) is 1. The van der Waals surface area contributed by atoms with Gasteiger partial charge in [0.25, 0.3) is 0 Å². The molecule has 6 rings (SSSR count). The van der Waals surface area contributed by atoms with Crippen molar-refractivity contribution >= 4 is 23.4 Å². The predicted molar refractivity (Wildman–Crippen MR) is 154 cm³/mol. The summed E-state index contributed by atoms with van der Waals surface area (Å²) in [4.78, 5) is 0. The number of para-hydroxylation sites is 1. The smallest absolute Gasteiger partial charge is 0.198 e. The van der Waals surface area contributed by atoms with Gasteiger partial charge in [-0.15, -0.1) is 10.2 Å². The van der Waals surface area contributed by atoms with Crippen LogP contribution in [0, 0.1) is 0 Å². The number of aliphatic hydroxyl groups excluding tert-OH is 4. The molecule has 3 aromatic carbocycles. The summed E-state index contributed by atoms with van der Waals surface area (Å²) in [6, 6.07) is 28.6. The fourth-order valence-corrected chi connectivity index (χ4v) is 5.89. The van der Waals surface area contributed by atoms with E-state index >= 15 is 0 Å². The van der Waals surface area contributed by atoms with Crippen LogP contribution >= 0.6 is 23.4 Å². The van der Waals surface area contributed by atoms with Crippen LogP contribution in [0.4, 0.5) is 0 Å². The molecule has 210 valence electrons. The van der Waals surface area contributed by atoms with Crippen LogP contribution in [0.5, 0.6) is 0 Å². The molecule has 41 heavy (non-hydrogen) atoms. The second kappa shape index (κ2) is 11.7.